The van der Waals surface area contributed by atoms with E-state index in [4.69, 9.17) is 4.74 Å². The zero-order valence-corrected chi connectivity index (χ0v) is 13.6. The first-order valence-corrected chi connectivity index (χ1v) is 8.06. The maximum atomic E-state index is 5.49. The van der Waals surface area contributed by atoms with Crippen molar-refractivity contribution in [2.24, 2.45) is 5.92 Å². The zero-order valence-electron chi connectivity index (χ0n) is 13.6. The summed E-state index contributed by atoms with van der Waals surface area (Å²) in [6.07, 6.45) is 3.85. The molecule has 0 aliphatic carbocycles. The SMILES string of the molecule is CCCNc1ncnc(NC(C)C2CCOC2)c1C(C)C. The summed E-state index contributed by atoms with van der Waals surface area (Å²) in [6, 6.07) is 0.360. The van der Waals surface area contributed by atoms with Crippen LogP contribution in [0.5, 0.6) is 0 Å². The van der Waals surface area contributed by atoms with Gasteiger partial charge in [0.2, 0.25) is 0 Å². The molecule has 1 aromatic rings. The van der Waals surface area contributed by atoms with Crippen LogP contribution in [0.1, 0.15) is 52.0 Å². The number of rotatable bonds is 7. The Morgan fingerprint density at radius 2 is 2.05 bits per heavy atom. The van der Waals surface area contributed by atoms with Crippen molar-refractivity contribution in [2.45, 2.75) is 52.5 Å². The monoisotopic (exact) mass is 292 g/mol. The van der Waals surface area contributed by atoms with E-state index in [-0.39, 0.29) is 0 Å². The predicted octanol–water partition coefficient (Wildman–Crippen LogP) is 3.26. The molecular formula is C16H28N4O. The molecule has 2 rings (SSSR count). The molecule has 0 saturated carbocycles. The standard InChI is InChI=1S/C16H28N4O/c1-5-7-17-15-14(11(2)3)16(19-10-18-15)20-12(4)13-6-8-21-9-13/h10-13H,5-9H2,1-4H3,(H2,17,18,19,20). The number of nitrogens with zero attached hydrogens (tertiary/aromatic N) is 2. The number of anilines is 2. The summed E-state index contributed by atoms with van der Waals surface area (Å²) in [5.74, 6) is 2.85. The van der Waals surface area contributed by atoms with E-state index in [1.54, 1.807) is 6.33 Å². The van der Waals surface area contributed by atoms with Gasteiger partial charge < -0.3 is 15.4 Å². The number of hydrogen-bond acceptors (Lipinski definition) is 5. The number of ether oxygens (including phenoxy) is 1. The highest BCUT2D eigenvalue weighted by molar-refractivity contribution is 5.59. The molecule has 0 bridgehead atoms. The molecule has 2 heterocycles. The van der Waals surface area contributed by atoms with Crippen LogP contribution in [-0.4, -0.2) is 35.8 Å². The molecule has 1 fully saturated rings. The molecule has 0 spiro atoms. The van der Waals surface area contributed by atoms with Crippen LogP contribution in [0.2, 0.25) is 0 Å². The van der Waals surface area contributed by atoms with Gasteiger partial charge in [0.15, 0.2) is 0 Å². The molecule has 0 radical (unpaired) electrons. The summed E-state index contributed by atoms with van der Waals surface area (Å²) in [6.45, 7) is 11.4. The average molecular weight is 292 g/mol. The molecular weight excluding hydrogens is 264 g/mol. The molecule has 21 heavy (non-hydrogen) atoms. The summed E-state index contributed by atoms with van der Waals surface area (Å²) >= 11 is 0. The van der Waals surface area contributed by atoms with Crippen molar-refractivity contribution in [3.05, 3.63) is 11.9 Å². The Morgan fingerprint density at radius 3 is 2.67 bits per heavy atom. The minimum absolute atomic E-state index is 0.360. The lowest BCUT2D eigenvalue weighted by molar-refractivity contribution is 0.183. The lowest BCUT2D eigenvalue weighted by Gasteiger charge is -2.23. The van der Waals surface area contributed by atoms with Gasteiger partial charge >= 0.3 is 0 Å². The van der Waals surface area contributed by atoms with Crippen LogP contribution in [-0.2, 0) is 4.74 Å². The van der Waals surface area contributed by atoms with E-state index in [9.17, 15) is 0 Å². The summed E-state index contributed by atoms with van der Waals surface area (Å²) < 4.78 is 5.49. The summed E-state index contributed by atoms with van der Waals surface area (Å²) in [4.78, 5) is 8.89. The van der Waals surface area contributed by atoms with Gasteiger partial charge in [-0.15, -0.1) is 0 Å². The molecule has 5 nitrogen and oxygen atoms in total. The molecule has 1 aliphatic heterocycles. The summed E-state index contributed by atoms with van der Waals surface area (Å²) in [5.41, 5.74) is 1.18. The largest absolute Gasteiger partial charge is 0.381 e. The third-order valence-electron chi connectivity index (χ3n) is 4.04. The van der Waals surface area contributed by atoms with Crippen molar-refractivity contribution in [2.75, 3.05) is 30.4 Å². The molecule has 5 heteroatoms. The van der Waals surface area contributed by atoms with Gasteiger partial charge in [-0.25, -0.2) is 9.97 Å². The van der Waals surface area contributed by atoms with E-state index in [0.717, 1.165) is 44.2 Å². The normalized spacial score (nSPS) is 19.8. The predicted molar refractivity (Wildman–Crippen MR) is 86.9 cm³/mol. The van der Waals surface area contributed by atoms with Crippen LogP contribution in [0.25, 0.3) is 0 Å². The minimum atomic E-state index is 0.360. The topological polar surface area (TPSA) is 59.1 Å². The van der Waals surface area contributed by atoms with E-state index < -0.39 is 0 Å². The molecule has 118 valence electrons. The number of hydrogen-bond donors (Lipinski definition) is 2. The smallest absolute Gasteiger partial charge is 0.135 e. The molecule has 1 aromatic heterocycles. The van der Waals surface area contributed by atoms with Gasteiger partial charge in [-0.2, -0.15) is 0 Å². The molecule has 2 N–H and O–H groups in total. The van der Waals surface area contributed by atoms with Gasteiger partial charge in [-0.1, -0.05) is 20.8 Å². The number of aromatic nitrogens is 2. The fourth-order valence-corrected chi connectivity index (χ4v) is 2.72. The first-order valence-electron chi connectivity index (χ1n) is 8.06. The maximum Gasteiger partial charge on any atom is 0.135 e. The van der Waals surface area contributed by atoms with Gasteiger partial charge in [-0.05, 0) is 25.7 Å². The third kappa shape index (κ3) is 4.06. The van der Waals surface area contributed by atoms with Crippen molar-refractivity contribution >= 4 is 11.6 Å². The molecule has 0 amide bonds. The van der Waals surface area contributed by atoms with E-state index >= 15 is 0 Å². The van der Waals surface area contributed by atoms with Crippen molar-refractivity contribution in [3.8, 4) is 0 Å². The van der Waals surface area contributed by atoms with Gasteiger partial charge in [0, 0.05) is 30.7 Å². The fourth-order valence-electron chi connectivity index (χ4n) is 2.72. The summed E-state index contributed by atoms with van der Waals surface area (Å²) in [7, 11) is 0. The van der Waals surface area contributed by atoms with Crippen LogP contribution in [0.4, 0.5) is 11.6 Å². The van der Waals surface area contributed by atoms with Crippen LogP contribution in [0.15, 0.2) is 6.33 Å². The molecule has 0 aromatic carbocycles. The Balaban J connectivity index is 2.16. The highest BCUT2D eigenvalue weighted by atomic mass is 16.5. The van der Waals surface area contributed by atoms with Crippen LogP contribution >= 0.6 is 0 Å². The molecule has 2 unspecified atom stereocenters. The maximum absolute atomic E-state index is 5.49. The van der Waals surface area contributed by atoms with Crippen LogP contribution in [0, 0.1) is 5.92 Å². The highest BCUT2D eigenvalue weighted by Gasteiger charge is 2.24. The average Bonchev–Trinajstić information content (AvgIpc) is 2.99. The lowest BCUT2D eigenvalue weighted by atomic mass is 9.99. The van der Waals surface area contributed by atoms with E-state index in [1.807, 2.05) is 0 Å². The Labute approximate surface area is 127 Å². The van der Waals surface area contributed by atoms with Crippen molar-refractivity contribution < 1.29 is 4.74 Å². The van der Waals surface area contributed by atoms with Gasteiger partial charge in [-0.3, -0.25) is 0 Å². The van der Waals surface area contributed by atoms with E-state index in [0.29, 0.717) is 17.9 Å². The third-order valence-corrected chi connectivity index (χ3v) is 4.04. The quantitative estimate of drug-likeness (QED) is 0.808. The van der Waals surface area contributed by atoms with Gasteiger partial charge in [0.25, 0.3) is 0 Å². The highest BCUT2D eigenvalue weighted by Crippen LogP contribution is 2.30. The first-order chi connectivity index (χ1) is 10.1. The first kappa shape index (κ1) is 16.0. The molecule has 1 saturated heterocycles. The van der Waals surface area contributed by atoms with Gasteiger partial charge in [0.05, 0.1) is 6.61 Å². The van der Waals surface area contributed by atoms with Crippen LogP contribution < -0.4 is 10.6 Å². The fraction of sp³-hybridized carbons (Fsp3) is 0.750. The minimum Gasteiger partial charge on any atom is -0.381 e. The second-order valence-electron chi connectivity index (χ2n) is 6.12. The van der Waals surface area contributed by atoms with Crippen molar-refractivity contribution in [3.63, 3.8) is 0 Å². The Hall–Kier alpha value is -1.36. The van der Waals surface area contributed by atoms with E-state index in [1.165, 1.54) is 5.56 Å². The molecule has 2 atom stereocenters. The Bertz CT molecular complexity index is 444. The van der Waals surface area contributed by atoms with Crippen molar-refractivity contribution in [1.29, 1.82) is 0 Å². The number of nitrogens with one attached hydrogen (secondary N) is 2. The Kier molecular flexibility index (Phi) is 5.79. The van der Waals surface area contributed by atoms with Gasteiger partial charge in [0.1, 0.15) is 18.0 Å². The Morgan fingerprint density at radius 1 is 1.29 bits per heavy atom. The van der Waals surface area contributed by atoms with Crippen molar-refractivity contribution in [1.82, 2.24) is 9.97 Å². The zero-order chi connectivity index (χ0) is 15.2. The summed E-state index contributed by atoms with van der Waals surface area (Å²) in [5, 5.41) is 6.99. The second-order valence-corrected chi connectivity index (χ2v) is 6.12. The second kappa shape index (κ2) is 7.59. The molecule has 1 aliphatic rings. The van der Waals surface area contributed by atoms with Crippen LogP contribution in [0.3, 0.4) is 0 Å². The lowest BCUT2D eigenvalue weighted by Crippen LogP contribution is -2.27. The van der Waals surface area contributed by atoms with E-state index in [2.05, 4.69) is 48.3 Å².